The number of nitrogens with one attached hydrogen (secondary N) is 1. The molecule has 0 saturated heterocycles. The Morgan fingerprint density at radius 3 is 2.67 bits per heavy atom. The van der Waals surface area contributed by atoms with Crippen LogP contribution in [0, 0.1) is 4.77 Å². The van der Waals surface area contributed by atoms with E-state index in [0.717, 1.165) is 5.56 Å². The van der Waals surface area contributed by atoms with Gasteiger partial charge in [-0.25, -0.2) is 0 Å². The second kappa shape index (κ2) is 4.73. The molecule has 2 aromatic rings. The minimum absolute atomic E-state index is 0.0896. The summed E-state index contributed by atoms with van der Waals surface area (Å²) in [5.41, 5.74) is 1.09. The molecule has 0 saturated carbocycles. The van der Waals surface area contributed by atoms with Crippen LogP contribution in [0.2, 0.25) is 0 Å². The zero-order chi connectivity index (χ0) is 13.3. The van der Waals surface area contributed by atoms with Crippen molar-refractivity contribution in [2.24, 2.45) is 14.1 Å². The lowest BCUT2D eigenvalue weighted by Crippen LogP contribution is -2.19. The SMILES string of the molecule is Cn1ccc(Cc2cn(C)c(=S)[nH]c2=O)cc1=O. The zero-order valence-corrected chi connectivity index (χ0v) is 11.0. The summed E-state index contributed by atoms with van der Waals surface area (Å²) in [5.74, 6) is 0. The maximum absolute atomic E-state index is 11.7. The predicted molar refractivity (Wildman–Crippen MR) is 71.4 cm³/mol. The maximum Gasteiger partial charge on any atom is 0.255 e. The summed E-state index contributed by atoms with van der Waals surface area (Å²) < 4.78 is 3.54. The fraction of sp³-hybridized carbons (Fsp3) is 0.250. The van der Waals surface area contributed by atoms with Gasteiger partial charge in [-0.15, -0.1) is 0 Å². The topological polar surface area (TPSA) is 59.8 Å². The van der Waals surface area contributed by atoms with E-state index < -0.39 is 0 Å². The number of rotatable bonds is 2. The molecule has 0 amide bonds. The van der Waals surface area contributed by atoms with E-state index >= 15 is 0 Å². The Hall–Kier alpha value is -1.95. The molecule has 0 aromatic carbocycles. The third-order valence-electron chi connectivity index (χ3n) is 2.75. The van der Waals surface area contributed by atoms with E-state index in [1.807, 2.05) is 6.07 Å². The first-order valence-electron chi connectivity index (χ1n) is 5.42. The first kappa shape index (κ1) is 12.5. The van der Waals surface area contributed by atoms with Crippen molar-refractivity contribution in [2.45, 2.75) is 6.42 Å². The number of pyridine rings is 1. The molecule has 0 atom stereocenters. The number of aromatic nitrogens is 3. The molecule has 0 spiro atoms. The summed E-state index contributed by atoms with van der Waals surface area (Å²) in [7, 11) is 3.46. The van der Waals surface area contributed by atoms with Crippen molar-refractivity contribution < 1.29 is 0 Å². The molecule has 5 nitrogen and oxygen atoms in total. The van der Waals surface area contributed by atoms with Crippen LogP contribution in [0.3, 0.4) is 0 Å². The fourth-order valence-electron chi connectivity index (χ4n) is 1.66. The van der Waals surface area contributed by atoms with Gasteiger partial charge in [-0.05, 0) is 23.8 Å². The lowest BCUT2D eigenvalue weighted by atomic mass is 10.1. The van der Waals surface area contributed by atoms with Crippen LogP contribution < -0.4 is 11.1 Å². The predicted octanol–water partition coefficient (Wildman–Crippen LogP) is 0.732. The highest BCUT2D eigenvalue weighted by Crippen LogP contribution is 2.02. The third kappa shape index (κ3) is 2.48. The normalized spacial score (nSPS) is 10.6. The second-order valence-electron chi connectivity index (χ2n) is 4.19. The van der Waals surface area contributed by atoms with Crippen molar-refractivity contribution in [3.63, 3.8) is 0 Å². The molecular weight excluding hydrogens is 250 g/mol. The van der Waals surface area contributed by atoms with E-state index in [4.69, 9.17) is 12.2 Å². The van der Waals surface area contributed by atoms with Crippen molar-refractivity contribution in [1.82, 2.24) is 14.1 Å². The van der Waals surface area contributed by atoms with Crippen LogP contribution in [-0.2, 0) is 20.5 Å². The van der Waals surface area contributed by atoms with Gasteiger partial charge < -0.3 is 9.13 Å². The first-order chi connectivity index (χ1) is 8.47. The average Bonchev–Trinajstić information content (AvgIpc) is 2.31. The number of H-pyrrole nitrogens is 1. The van der Waals surface area contributed by atoms with E-state index in [9.17, 15) is 9.59 Å². The third-order valence-corrected chi connectivity index (χ3v) is 3.14. The van der Waals surface area contributed by atoms with Gasteiger partial charge in [0.2, 0.25) is 0 Å². The van der Waals surface area contributed by atoms with Gasteiger partial charge in [0.15, 0.2) is 4.77 Å². The molecule has 0 fully saturated rings. The lowest BCUT2D eigenvalue weighted by Gasteiger charge is -2.05. The molecule has 2 aromatic heterocycles. The standard InChI is InChI=1S/C12H13N3O2S/c1-14-4-3-8(6-10(14)16)5-9-7-15(2)12(18)13-11(9)17/h3-4,6-7H,5H2,1-2H3,(H,13,17,18). The summed E-state index contributed by atoms with van der Waals surface area (Å²) in [6.07, 6.45) is 3.79. The molecule has 6 heteroatoms. The van der Waals surface area contributed by atoms with Crippen molar-refractivity contribution >= 4 is 12.2 Å². The van der Waals surface area contributed by atoms with Gasteiger partial charge in [0, 0.05) is 44.5 Å². The van der Waals surface area contributed by atoms with E-state index in [0.29, 0.717) is 16.8 Å². The Balaban J connectivity index is 2.43. The molecule has 0 aliphatic carbocycles. The molecule has 0 aliphatic heterocycles. The molecule has 0 unspecified atom stereocenters. The smallest absolute Gasteiger partial charge is 0.255 e. The van der Waals surface area contributed by atoms with Gasteiger partial charge >= 0.3 is 0 Å². The monoisotopic (exact) mass is 263 g/mol. The summed E-state index contributed by atoms with van der Waals surface area (Å²) in [5, 5.41) is 0. The Bertz CT molecular complexity index is 755. The van der Waals surface area contributed by atoms with Crippen LogP contribution >= 0.6 is 12.2 Å². The molecule has 2 heterocycles. The van der Waals surface area contributed by atoms with E-state index in [-0.39, 0.29) is 11.1 Å². The molecule has 0 radical (unpaired) electrons. The summed E-state index contributed by atoms with van der Waals surface area (Å²) in [4.78, 5) is 25.8. The molecular formula is C12H13N3O2S. The maximum atomic E-state index is 11.7. The summed E-state index contributed by atoms with van der Waals surface area (Å²) >= 11 is 4.96. The number of aromatic amines is 1. The van der Waals surface area contributed by atoms with E-state index in [1.54, 1.807) is 31.1 Å². The first-order valence-corrected chi connectivity index (χ1v) is 5.82. The summed E-state index contributed by atoms with van der Waals surface area (Å²) in [6.45, 7) is 0. The Morgan fingerprint density at radius 2 is 2.00 bits per heavy atom. The average molecular weight is 263 g/mol. The molecule has 94 valence electrons. The number of hydrogen-bond acceptors (Lipinski definition) is 3. The van der Waals surface area contributed by atoms with Gasteiger partial charge in [0.05, 0.1) is 0 Å². The molecule has 2 rings (SSSR count). The molecule has 0 bridgehead atoms. The van der Waals surface area contributed by atoms with Crippen molar-refractivity contribution in [3.8, 4) is 0 Å². The molecule has 1 N–H and O–H groups in total. The van der Waals surface area contributed by atoms with Gasteiger partial charge in [-0.1, -0.05) is 0 Å². The molecule has 0 aliphatic rings. The minimum atomic E-state index is -0.209. The van der Waals surface area contributed by atoms with Crippen LogP contribution in [0.15, 0.2) is 34.1 Å². The van der Waals surface area contributed by atoms with Gasteiger partial charge in [-0.3, -0.25) is 14.6 Å². The van der Waals surface area contributed by atoms with Crippen LogP contribution in [0.4, 0.5) is 0 Å². The summed E-state index contributed by atoms with van der Waals surface area (Å²) in [6, 6.07) is 3.35. The second-order valence-corrected chi connectivity index (χ2v) is 4.57. The number of aryl methyl sites for hydroxylation is 2. The highest BCUT2D eigenvalue weighted by molar-refractivity contribution is 7.71. The van der Waals surface area contributed by atoms with E-state index in [2.05, 4.69) is 4.98 Å². The zero-order valence-electron chi connectivity index (χ0n) is 10.1. The highest BCUT2D eigenvalue weighted by Gasteiger charge is 2.04. The van der Waals surface area contributed by atoms with Crippen molar-refractivity contribution in [3.05, 3.63) is 61.1 Å². The van der Waals surface area contributed by atoms with Gasteiger partial charge in [-0.2, -0.15) is 0 Å². The van der Waals surface area contributed by atoms with Crippen LogP contribution in [0.1, 0.15) is 11.1 Å². The van der Waals surface area contributed by atoms with Gasteiger partial charge in [0.25, 0.3) is 11.1 Å². The van der Waals surface area contributed by atoms with Crippen molar-refractivity contribution in [2.75, 3.05) is 0 Å². The Kier molecular flexibility index (Phi) is 3.29. The Morgan fingerprint density at radius 1 is 1.28 bits per heavy atom. The van der Waals surface area contributed by atoms with Crippen LogP contribution in [0.5, 0.6) is 0 Å². The highest BCUT2D eigenvalue weighted by atomic mass is 32.1. The lowest BCUT2D eigenvalue weighted by molar-refractivity contribution is 0.808. The molecule has 18 heavy (non-hydrogen) atoms. The van der Waals surface area contributed by atoms with E-state index in [1.165, 1.54) is 10.6 Å². The van der Waals surface area contributed by atoms with Crippen LogP contribution in [-0.4, -0.2) is 14.1 Å². The number of nitrogens with zero attached hydrogens (tertiary/aromatic N) is 2. The van der Waals surface area contributed by atoms with Crippen molar-refractivity contribution in [1.29, 1.82) is 0 Å². The fourth-order valence-corrected chi connectivity index (χ4v) is 1.81. The van der Waals surface area contributed by atoms with Crippen LogP contribution in [0.25, 0.3) is 0 Å². The number of hydrogen-bond donors (Lipinski definition) is 1. The largest absolute Gasteiger partial charge is 0.328 e. The van der Waals surface area contributed by atoms with Gasteiger partial charge in [0.1, 0.15) is 0 Å². The quantitative estimate of drug-likeness (QED) is 0.813. The minimum Gasteiger partial charge on any atom is -0.328 e. The Labute approximate surface area is 108 Å².